The van der Waals surface area contributed by atoms with Gasteiger partial charge in [-0.3, -0.25) is 0 Å². The third-order valence-electron chi connectivity index (χ3n) is 2.86. The maximum atomic E-state index is 11.1. The van der Waals surface area contributed by atoms with E-state index < -0.39 is 10.0 Å². The molecule has 19 heavy (non-hydrogen) atoms. The summed E-state index contributed by atoms with van der Waals surface area (Å²) >= 11 is 0. The molecule has 0 aliphatic rings. The van der Waals surface area contributed by atoms with Gasteiger partial charge in [0.1, 0.15) is 0 Å². The van der Waals surface area contributed by atoms with Gasteiger partial charge >= 0.3 is 0 Å². The maximum Gasteiger partial charge on any atom is 0.208 e. The molecule has 0 saturated heterocycles. The van der Waals surface area contributed by atoms with Crippen LogP contribution in [0.3, 0.4) is 0 Å². The second-order valence-electron chi connectivity index (χ2n) is 4.69. The van der Waals surface area contributed by atoms with Crippen molar-refractivity contribution in [2.45, 2.75) is 20.3 Å². The van der Waals surface area contributed by atoms with Gasteiger partial charge < -0.3 is 10.6 Å². The molecular formula is C13H23N3O2S. The van der Waals surface area contributed by atoms with E-state index in [1.807, 2.05) is 25.1 Å². The highest BCUT2D eigenvalue weighted by atomic mass is 32.2. The molecule has 0 atom stereocenters. The van der Waals surface area contributed by atoms with E-state index >= 15 is 0 Å². The van der Waals surface area contributed by atoms with Crippen molar-refractivity contribution in [2.24, 2.45) is 0 Å². The lowest BCUT2D eigenvalue weighted by atomic mass is 10.1. The molecule has 5 nitrogen and oxygen atoms in total. The fourth-order valence-electron chi connectivity index (χ4n) is 1.86. The molecule has 0 fully saturated rings. The van der Waals surface area contributed by atoms with E-state index in [1.165, 1.54) is 6.26 Å². The highest BCUT2D eigenvalue weighted by molar-refractivity contribution is 7.88. The molecule has 0 heterocycles. The molecule has 1 aromatic carbocycles. The number of hydrogen-bond acceptors (Lipinski definition) is 4. The summed E-state index contributed by atoms with van der Waals surface area (Å²) in [6.45, 7) is 6.00. The summed E-state index contributed by atoms with van der Waals surface area (Å²) in [5.41, 5.74) is 8.69. The lowest BCUT2D eigenvalue weighted by molar-refractivity contribution is 0.586. The summed E-state index contributed by atoms with van der Waals surface area (Å²) in [7, 11) is -3.13. The molecule has 0 bridgehead atoms. The summed E-state index contributed by atoms with van der Waals surface area (Å²) in [5.74, 6) is 0. The number of hydrogen-bond donors (Lipinski definition) is 2. The first-order chi connectivity index (χ1) is 8.83. The predicted octanol–water partition coefficient (Wildman–Crippen LogP) is 1.34. The van der Waals surface area contributed by atoms with Crippen LogP contribution < -0.4 is 15.4 Å². The minimum Gasteiger partial charge on any atom is -0.399 e. The average Bonchev–Trinajstić information content (AvgIpc) is 2.30. The van der Waals surface area contributed by atoms with Gasteiger partial charge in [-0.15, -0.1) is 0 Å². The van der Waals surface area contributed by atoms with Gasteiger partial charge in [0, 0.05) is 31.0 Å². The van der Waals surface area contributed by atoms with Gasteiger partial charge in [0.05, 0.1) is 6.26 Å². The van der Waals surface area contributed by atoms with Gasteiger partial charge in [-0.25, -0.2) is 13.1 Å². The minimum atomic E-state index is -3.13. The monoisotopic (exact) mass is 285 g/mol. The second kappa shape index (κ2) is 6.77. The Morgan fingerprint density at radius 1 is 1.32 bits per heavy atom. The Kier molecular flexibility index (Phi) is 5.62. The summed E-state index contributed by atoms with van der Waals surface area (Å²) < 4.78 is 24.6. The molecule has 6 heteroatoms. The van der Waals surface area contributed by atoms with E-state index in [0.29, 0.717) is 13.1 Å². The quantitative estimate of drug-likeness (QED) is 0.741. The zero-order valence-electron chi connectivity index (χ0n) is 11.8. The number of sulfonamides is 1. The molecule has 0 aliphatic heterocycles. The van der Waals surface area contributed by atoms with Gasteiger partial charge in [0.25, 0.3) is 0 Å². The number of nitrogen functional groups attached to an aromatic ring is 1. The van der Waals surface area contributed by atoms with Crippen LogP contribution in [-0.2, 0) is 10.0 Å². The SMILES string of the molecule is CCCN(CCNS(C)(=O)=O)c1ccc(N)c(C)c1. The third-order valence-corrected chi connectivity index (χ3v) is 3.59. The van der Waals surface area contributed by atoms with Gasteiger partial charge in [-0.2, -0.15) is 0 Å². The smallest absolute Gasteiger partial charge is 0.208 e. The van der Waals surface area contributed by atoms with Crippen LogP contribution in [0.2, 0.25) is 0 Å². The van der Waals surface area contributed by atoms with E-state index in [2.05, 4.69) is 16.5 Å². The molecule has 0 aliphatic carbocycles. The number of rotatable bonds is 7. The Labute approximate surface area is 115 Å². The minimum absolute atomic E-state index is 0.405. The third kappa shape index (κ3) is 5.48. The largest absolute Gasteiger partial charge is 0.399 e. The van der Waals surface area contributed by atoms with E-state index in [-0.39, 0.29) is 0 Å². The molecule has 1 rings (SSSR count). The van der Waals surface area contributed by atoms with E-state index in [1.54, 1.807) is 0 Å². The summed E-state index contributed by atoms with van der Waals surface area (Å²) in [6, 6.07) is 5.89. The number of nitrogens with zero attached hydrogens (tertiary/aromatic N) is 1. The fraction of sp³-hybridized carbons (Fsp3) is 0.538. The first-order valence-electron chi connectivity index (χ1n) is 6.39. The van der Waals surface area contributed by atoms with Crippen LogP contribution in [0, 0.1) is 6.92 Å². The van der Waals surface area contributed by atoms with Crippen molar-refractivity contribution in [3.8, 4) is 0 Å². The van der Waals surface area contributed by atoms with Crippen molar-refractivity contribution in [3.63, 3.8) is 0 Å². The molecule has 108 valence electrons. The number of nitrogens with one attached hydrogen (secondary N) is 1. The van der Waals surface area contributed by atoms with Crippen LogP contribution in [0.15, 0.2) is 18.2 Å². The summed E-state index contributed by atoms with van der Waals surface area (Å²) in [4.78, 5) is 2.16. The molecule has 1 aromatic rings. The molecule has 0 amide bonds. The van der Waals surface area contributed by atoms with Crippen LogP contribution >= 0.6 is 0 Å². The Hall–Kier alpha value is -1.27. The molecule has 0 unspecified atom stereocenters. The number of aryl methyl sites for hydroxylation is 1. The standard InChI is InChI=1S/C13H23N3O2S/c1-4-8-16(9-7-15-19(3,17)18)12-5-6-13(14)11(2)10-12/h5-6,10,15H,4,7-9,14H2,1-3H3. The molecule has 3 N–H and O–H groups in total. The van der Waals surface area contributed by atoms with Crippen LogP contribution in [0.1, 0.15) is 18.9 Å². The average molecular weight is 285 g/mol. The Morgan fingerprint density at radius 2 is 2.00 bits per heavy atom. The highest BCUT2D eigenvalue weighted by Crippen LogP contribution is 2.20. The topological polar surface area (TPSA) is 75.4 Å². The van der Waals surface area contributed by atoms with Crippen molar-refractivity contribution in [3.05, 3.63) is 23.8 Å². The molecule has 0 radical (unpaired) electrons. The Morgan fingerprint density at radius 3 is 2.53 bits per heavy atom. The van der Waals surface area contributed by atoms with Crippen LogP contribution in [0.4, 0.5) is 11.4 Å². The summed E-state index contributed by atoms with van der Waals surface area (Å²) in [6.07, 6.45) is 2.17. The van der Waals surface area contributed by atoms with Crippen molar-refractivity contribution >= 4 is 21.4 Å². The molecular weight excluding hydrogens is 262 g/mol. The van der Waals surface area contributed by atoms with E-state index in [0.717, 1.165) is 29.9 Å². The maximum absolute atomic E-state index is 11.1. The zero-order chi connectivity index (χ0) is 14.5. The zero-order valence-corrected chi connectivity index (χ0v) is 12.6. The predicted molar refractivity (Wildman–Crippen MR) is 80.9 cm³/mol. The molecule has 0 saturated carbocycles. The van der Waals surface area contributed by atoms with Gasteiger partial charge in [0.2, 0.25) is 10.0 Å². The van der Waals surface area contributed by atoms with Crippen molar-refractivity contribution in [1.82, 2.24) is 4.72 Å². The number of benzene rings is 1. The van der Waals surface area contributed by atoms with Gasteiger partial charge in [-0.05, 0) is 37.1 Å². The van der Waals surface area contributed by atoms with Crippen LogP contribution in [-0.4, -0.2) is 34.3 Å². The molecule has 0 spiro atoms. The van der Waals surface area contributed by atoms with Crippen molar-refractivity contribution in [2.75, 3.05) is 36.5 Å². The first-order valence-corrected chi connectivity index (χ1v) is 8.28. The van der Waals surface area contributed by atoms with Crippen molar-refractivity contribution in [1.29, 1.82) is 0 Å². The second-order valence-corrected chi connectivity index (χ2v) is 6.53. The van der Waals surface area contributed by atoms with Crippen LogP contribution in [0.5, 0.6) is 0 Å². The normalized spacial score (nSPS) is 11.5. The Balaban J connectivity index is 2.73. The Bertz CT molecular complexity index is 515. The first kappa shape index (κ1) is 15.8. The van der Waals surface area contributed by atoms with Crippen LogP contribution in [0.25, 0.3) is 0 Å². The fourth-order valence-corrected chi connectivity index (χ4v) is 2.32. The lowest BCUT2D eigenvalue weighted by Crippen LogP contribution is -2.35. The molecule has 0 aromatic heterocycles. The highest BCUT2D eigenvalue weighted by Gasteiger charge is 2.08. The lowest BCUT2D eigenvalue weighted by Gasteiger charge is -2.25. The van der Waals surface area contributed by atoms with Crippen molar-refractivity contribution < 1.29 is 8.42 Å². The summed E-state index contributed by atoms with van der Waals surface area (Å²) in [5, 5.41) is 0. The van der Waals surface area contributed by atoms with E-state index in [4.69, 9.17) is 5.73 Å². The number of nitrogens with two attached hydrogens (primary N) is 1. The number of anilines is 2. The van der Waals surface area contributed by atoms with E-state index in [9.17, 15) is 8.42 Å². The van der Waals surface area contributed by atoms with Gasteiger partial charge in [-0.1, -0.05) is 6.92 Å². The van der Waals surface area contributed by atoms with Gasteiger partial charge in [0.15, 0.2) is 0 Å².